The zero-order valence-electron chi connectivity index (χ0n) is 7.19. The van der Waals surface area contributed by atoms with Gasteiger partial charge in [0.05, 0.1) is 0 Å². The summed E-state index contributed by atoms with van der Waals surface area (Å²) in [6.07, 6.45) is 1.54. The number of aliphatic carboxylic acids is 1. The number of hydrogen-bond donors (Lipinski definition) is 2. The van der Waals surface area contributed by atoms with Crippen molar-refractivity contribution in [2.75, 3.05) is 0 Å². The van der Waals surface area contributed by atoms with Gasteiger partial charge in [0.2, 0.25) is 0 Å². The number of hydrogen-bond acceptors (Lipinski definition) is 2. The Morgan fingerprint density at radius 1 is 1.29 bits per heavy atom. The van der Waals surface area contributed by atoms with Crippen LogP contribution in [0.4, 0.5) is 0 Å². The second-order valence-electron chi connectivity index (χ2n) is 2.72. The molecule has 3 nitrogen and oxygen atoms in total. The first kappa shape index (κ1) is 12.4. The molecule has 0 aliphatic rings. The Morgan fingerprint density at radius 2 is 1.79 bits per heavy atom. The molecule has 1 aromatic rings. The molecule has 0 aliphatic heterocycles. The molecule has 0 amide bonds. The molecule has 0 unspecified atom stereocenters. The maximum absolute atomic E-state index is 10.5. The molecular formula is C10H12BeO3. The van der Waals surface area contributed by atoms with Gasteiger partial charge in [0.15, 0.2) is 0 Å². The van der Waals surface area contributed by atoms with Gasteiger partial charge in [0.25, 0.3) is 0 Å². The summed E-state index contributed by atoms with van der Waals surface area (Å²) >= 11 is 0. The van der Waals surface area contributed by atoms with Gasteiger partial charge in [0, 0.05) is 5.57 Å². The van der Waals surface area contributed by atoms with Crippen LogP contribution in [-0.4, -0.2) is 26.3 Å². The van der Waals surface area contributed by atoms with Gasteiger partial charge in [-0.1, -0.05) is 12.1 Å². The Labute approximate surface area is 85.9 Å². The summed E-state index contributed by atoms with van der Waals surface area (Å²) < 4.78 is 0. The predicted molar refractivity (Wildman–Crippen MR) is 57.9 cm³/mol. The van der Waals surface area contributed by atoms with Crippen LogP contribution in [0.1, 0.15) is 12.5 Å². The SMILES string of the molecule is CC(=Cc1ccc(O)cc1)C(=O)O.[BeH2]. The molecule has 0 atom stereocenters. The standard InChI is InChI=1S/C10H10O3.Be.2H/c1-7(10(12)13)6-8-2-4-9(11)5-3-8;;;/h2-6,11H,1H3,(H,12,13);;;. The topological polar surface area (TPSA) is 57.5 Å². The fourth-order valence-electron chi connectivity index (χ4n) is 0.882. The van der Waals surface area contributed by atoms with E-state index in [0.717, 1.165) is 5.56 Å². The van der Waals surface area contributed by atoms with Crippen molar-refractivity contribution in [2.24, 2.45) is 0 Å². The van der Waals surface area contributed by atoms with Crippen LogP contribution in [0.3, 0.4) is 0 Å². The maximum atomic E-state index is 10.5. The average Bonchev–Trinajstić information content (AvgIpc) is 2.08. The summed E-state index contributed by atoms with van der Waals surface area (Å²) in [5.74, 6) is -0.766. The molecule has 0 aliphatic carbocycles. The van der Waals surface area contributed by atoms with Crippen LogP contribution in [0.25, 0.3) is 6.08 Å². The van der Waals surface area contributed by atoms with Gasteiger partial charge in [-0.15, -0.1) is 0 Å². The number of phenolic OH excluding ortho intramolecular Hbond substituents is 1. The van der Waals surface area contributed by atoms with Crippen LogP contribution in [0.2, 0.25) is 0 Å². The molecule has 1 aromatic carbocycles. The molecule has 4 heteroatoms. The van der Waals surface area contributed by atoms with Crippen molar-refractivity contribution in [3.63, 3.8) is 0 Å². The summed E-state index contributed by atoms with van der Waals surface area (Å²) in [6, 6.07) is 6.34. The molecule has 14 heavy (non-hydrogen) atoms. The van der Waals surface area contributed by atoms with Gasteiger partial charge in [-0.3, -0.25) is 0 Å². The molecule has 0 heterocycles. The van der Waals surface area contributed by atoms with E-state index in [2.05, 4.69) is 0 Å². The normalized spacial score (nSPS) is 10.5. The zero-order chi connectivity index (χ0) is 9.84. The van der Waals surface area contributed by atoms with Crippen LogP contribution in [0, 0.1) is 0 Å². The van der Waals surface area contributed by atoms with Gasteiger partial charge in [0.1, 0.15) is 5.75 Å². The number of aromatic hydroxyl groups is 1. The molecule has 0 saturated carbocycles. The van der Waals surface area contributed by atoms with Crippen molar-refractivity contribution in [3.05, 3.63) is 35.4 Å². The second-order valence-corrected chi connectivity index (χ2v) is 2.72. The van der Waals surface area contributed by atoms with Gasteiger partial charge < -0.3 is 10.2 Å². The Balaban J connectivity index is 0.00000169. The third-order valence-electron chi connectivity index (χ3n) is 1.61. The first-order chi connectivity index (χ1) is 6.09. The van der Waals surface area contributed by atoms with Crippen LogP contribution in [-0.2, 0) is 4.79 Å². The van der Waals surface area contributed by atoms with Crippen LogP contribution >= 0.6 is 0 Å². The van der Waals surface area contributed by atoms with Crippen molar-refractivity contribution in [1.82, 2.24) is 0 Å². The Morgan fingerprint density at radius 3 is 2.21 bits per heavy atom. The van der Waals surface area contributed by atoms with Gasteiger partial charge >= 0.3 is 16.1 Å². The molecule has 1 rings (SSSR count). The second kappa shape index (κ2) is 5.20. The van der Waals surface area contributed by atoms with Crippen molar-refractivity contribution in [1.29, 1.82) is 0 Å². The summed E-state index contributed by atoms with van der Waals surface area (Å²) in [6.45, 7) is 1.52. The number of rotatable bonds is 2. The molecule has 0 saturated heterocycles. The third kappa shape index (κ3) is 3.42. The molecule has 0 bridgehead atoms. The monoisotopic (exact) mass is 189 g/mol. The quantitative estimate of drug-likeness (QED) is 0.538. The van der Waals surface area contributed by atoms with Gasteiger partial charge in [-0.2, -0.15) is 0 Å². The van der Waals surface area contributed by atoms with E-state index < -0.39 is 5.97 Å². The number of phenols is 1. The molecule has 0 aromatic heterocycles. The molecule has 0 fully saturated rings. The Bertz CT molecular complexity index is 341. The Kier molecular flexibility index (Phi) is 4.60. The number of carboxylic acids is 1. The van der Waals surface area contributed by atoms with Gasteiger partial charge in [-0.25, -0.2) is 4.79 Å². The van der Waals surface area contributed by atoms with Gasteiger partial charge in [-0.05, 0) is 30.7 Å². The zero-order valence-corrected chi connectivity index (χ0v) is 7.19. The van der Waals surface area contributed by atoms with Crippen LogP contribution in [0.15, 0.2) is 29.8 Å². The number of carboxylic acid groups (broad SMARTS) is 1. The molecule has 0 radical (unpaired) electrons. The molecule has 0 spiro atoms. The van der Waals surface area contributed by atoms with E-state index in [4.69, 9.17) is 10.2 Å². The minimum atomic E-state index is -0.937. The molecular weight excluding hydrogens is 177 g/mol. The van der Waals surface area contributed by atoms with Crippen molar-refractivity contribution < 1.29 is 15.0 Å². The molecule has 72 valence electrons. The van der Waals surface area contributed by atoms with E-state index in [1.165, 1.54) is 19.1 Å². The fraction of sp³-hybridized carbons (Fsp3) is 0.100. The predicted octanol–water partition coefficient (Wildman–Crippen LogP) is 0.964. The van der Waals surface area contributed by atoms with Crippen molar-refractivity contribution in [2.45, 2.75) is 6.92 Å². The number of benzene rings is 1. The fourth-order valence-corrected chi connectivity index (χ4v) is 0.882. The van der Waals surface area contributed by atoms with E-state index in [1.807, 2.05) is 0 Å². The first-order valence-electron chi connectivity index (χ1n) is 3.80. The van der Waals surface area contributed by atoms with Crippen molar-refractivity contribution >= 4 is 22.2 Å². The van der Waals surface area contributed by atoms with E-state index in [-0.39, 0.29) is 21.4 Å². The summed E-state index contributed by atoms with van der Waals surface area (Å²) in [5, 5.41) is 17.5. The molecule has 2 N–H and O–H groups in total. The van der Waals surface area contributed by atoms with E-state index in [0.29, 0.717) is 0 Å². The van der Waals surface area contributed by atoms with Crippen LogP contribution in [0.5, 0.6) is 5.75 Å². The summed E-state index contributed by atoms with van der Waals surface area (Å²) in [4.78, 5) is 10.5. The first-order valence-corrected chi connectivity index (χ1v) is 3.80. The van der Waals surface area contributed by atoms with Crippen molar-refractivity contribution in [3.8, 4) is 5.75 Å². The average molecular weight is 189 g/mol. The summed E-state index contributed by atoms with van der Waals surface area (Å²) in [7, 11) is 0. The van der Waals surface area contributed by atoms with E-state index in [1.54, 1.807) is 18.2 Å². The van der Waals surface area contributed by atoms with E-state index in [9.17, 15) is 4.79 Å². The third-order valence-corrected chi connectivity index (χ3v) is 1.61. The van der Waals surface area contributed by atoms with E-state index >= 15 is 0 Å². The van der Waals surface area contributed by atoms with Crippen LogP contribution < -0.4 is 0 Å². The minimum absolute atomic E-state index is 0. The summed E-state index contributed by atoms with van der Waals surface area (Å²) in [5.41, 5.74) is 1.03. The Hall–Kier alpha value is -1.60. The number of carbonyl (C=O) groups is 1.